The molecule has 0 amide bonds. The van der Waals surface area contributed by atoms with E-state index in [0.29, 0.717) is 18.0 Å². The molecule has 3 nitrogen and oxygen atoms in total. The zero-order valence-electron chi connectivity index (χ0n) is 14.8. The molecule has 0 aliphatic heterocycles. The highest BCUT2D eigenvalue weighted by atomic mass is 19.4. The summed E-state index contributed by atoms with van der Waals surface area (Å²) in [4.78, 5) is 0. The monoisotopic (exact) mass is 367 g/mol. The zero-order chi connectivity index (χ0) is 19.0. The van der Waals surface area contributed by atoms with Gasteiger partial charge in [0, 0.05) is 17.3 Å². The molecular weight excluding hydrogens is 343 g/mol. The molecule has 0 saturated heterocycles. The molecule has 0 bridgehead atoms. The SMILES string of the molecule is CCCCCCCOc1cc(N)ccc1-c1ccc(OC(F)(F)F)cc1. The first-order valence-electron chi connectivity index (χ1n) is 8.77. The molecule has 0 saturated carbocycles. The molecule has 26 heavy (non-hydrogen) atoms. The third kappa shape index (κ3) is 6.50. The quantitative estimate of drug-likeness (QED) is 0.425. The number of halogens is 3. The summed E-state index contributed by atoms with van der Waals surface area (Å²) in [6, 6.07) is 11.0. The first kappa shape index (κ1) is 19.9. The summed E-state index contributed by atoms with van der Waals surface area (Å²) in [5, 5.41) is 0. The molecule has 2 N–H and O–H groups in total. The lowest BCUT2D eigenvalue weighted by molar-refractivity contribution is -0.274. The van der Waals surface area contributed by atoms with Gasteiger partial charge in [-0.25, -0.2) is 0 Å². The van der Waals surface area contributed by atoms with Crippen LogP contribution in [0.15, 0.2) is 42.5 Å². The minimum absolute atomic E-state index is 0.255. The predicted molar refractivity (Wildman–Crippen MR) is 97.2 cm³/mol. The molecular formula is C20H24F3NO2. The number of ether oxygens (including phenoxy) is 2. The number of benzene rings is 2. The molecule has 0 aromatic heterocycles. The van der Waals surface area contributed by atoms with Crippen molar-refractivity contribution >= 4 is 5.69 Å². The fraction of sp³-hybridized carbons (Fsp3) is 0.400. The van der Waals surface area contributed by atoms with Crippen molar-refractivity contribution in [1.82, 2.24) is 0 Å². The van der Waals surface area contributed by atoms with E-state index in [2.05, 4.69) is 11.7 Å². The van der Waals surface area contributed by atoms with E-state index in [-0.39, 0.29) is 5.75 Å². The van der Waals surface area contributed by atoms with Crippen LogP contribution in [0.25, 0.3) is 11.1 Å². The highest BCUT2D eigenvalue weighted by Gasteiger charge is 2.31. The maximum absolute atomic E-state index is 12.3. The molecule has 2 aromatic rings. The molecule has 0 radical (unpaired) electrons. The van der Waals surface area contributed by atoms with Gasteiger partial charge in [-0.2, -0.15) is 0 Å². The lowest BCUT2D eigenvalue weighted by atomic mass is 10.0. The van der Waals surface area contributed by atoms with Crippen LogP contribution in [0, 0.1) is 0 Å². The Bertz CT molecular complexity index is 684. The summed E-state index contributed by atoms with van der Waals surface area (Å²) in [7, 11) is 0. The van der Waals surface area contributed by atoms with E-state index in [9.17, 15) is 13.2 Å². The van der Waals surface area contributed by atoms with E-state index in [1.54, 1.807) is 30.3 Å². The average Bonchev–Trinajstić information content (AvgIpc) is 2.58. The molecule has 0 atom stereocenters. The van der Waals surface area contributed by atoms with Gasteiger partial charge in [0.1, 0.15) is 11.5 Å². The van der Waals surface area contributed by atoms with Crippen molar-refractivity contribution in [3.8, 4) is 22.6 Å². The third-order valence-corrected chi connectivity index (χ3v) is 3.91. The van der Waals surface area contributed by atoms with Crippen molar-refractivity contribution in [2.75, 3.05) is 12.3 Å². The Morgan fingerprint density at radius 1 is 0.923 bits per heavy atom. The first-order chi connectivity index (χ1) is 12.4. The van der Waals surface area contributed by atoms with Crippen LogP contribution in [0.4, 0.5) is 18.9 Å². The van der Waals surface area contributed by atoms with Crippen LogP contribution in [-0.2, 0) is 0 Å². The van der Waals surface area contributed by atoms with Crippen molar-refractivity contribution in [3.63, 3.8) is 0 Å². The molecule has 0 fully saturated rings. The fourth-order valence-corrected chi connectivity index (χ4v) is 2.62. The van der Waals surface area contributed by atoms with Crippen molar-refractivity contribution in [3.05, 3.63) is 42.5 Å². The Kier molecular flexibility index (Phi) is 7.18. The summed E-state index contributed by atoms with van der Waals surface area (Å²) in [5.74, 6) is 0.375. The number of nitrogens with two attached hydrogens (primary N) is 1. The van der Waals surface area contributed by atoms with Crippen LogP contribution in [-0.4, -0.2) is 13.0 Å². The van der Waals surface area contributed by atoms with Gasteiger partial charge in [0.25, 0.3) is 0 Å². The van der Waals surface area contributed by atoms with E-state index in [1.165, 1.54) is 31.4 Å². The summed E-state index contributed by atoms with van der Waals surface area (Å²) in [5.41, 5.74) is 7.94. The fourth-order valence-electron chi connectivity index (χ4n) is 2.62. The van der Waals surface area contributed by atoms with Gasteiger partial charge in [-0.05, 0) is 36.2 Å². The Balaban J connectivity index is 2.06. The number of hydrogen-bond acceptors (Lipinski definition) is 3. The summed E-state index contributed by atoms with van der Waals surface area (Å²) in [6.07, 6.45) is 0.949. The number of rotatable bonds is 9. The van der Waals surface area contributed by atoms with Gasteiger partial charge in [-0.15, -0.1) is 13.2 Å². The van der Waals surface area contributed by atoms with Gasteiger partial charge in [-0.3, -0.25) is 0 Å². The first-order valence-corrected chi connectivity index (χ1v) is 8.77. The average molecular weight is 367 g/mol. The van der Waals surface area contributed by atoms with Crippen LogP contribution in [0.5, 0.6) is 11.5 Å². The number of unbranched alkanes of at least 4 members (excludes halogenated alkanes) is 4. The van der Waals surface area contributed by atoms with Crippen molar-refractivity contribution in [2.24, 2.45) is 0 Å². The topological polar surface area (TPSA) is 44.5 Å². The molecule has 0 aliphatic carbocycles. The van der Waals surface area contributed by atoms with E-state index in [4.69, 9.17) is 10.5 Å². The largest absolute Gasteiger partial charge is 0.573 e. The van der Waals surface area contributed by atoms with Crippen molar-refractivity contribution in [2.45, 2.75) is 45.4 Å². The minimum atomic E-state index is -4.70. The third-order valence-electron chi connectivity index (χ3n) is 3.91. The predicted octanol–water partition coefficient (Wildman–Crippen LogP) is 6.18. The van der Waals surface area contributed by atoms with Crippen LogP contribution < -0.4 is 15.2 Å². The normalized spacial score (nSPS) is 11.4. The lowest BCUT2D eigenvalue weighted by Gasteiger charge is -2.14. The molecule has 6 heteroatoms. The zero-order valence-corrected chi connectivity index (χ0v) is 14.8. The number of hydrogen-bond donors (Lipinski definition) is 1. The highest BCUT2D eigenvalue weighted by molar-refractivity contribution is 5.73. The second-order valence-corrected chi connectivity index (χ2v) is 6.09. The van der Waals surface area contributed by atoms with E-state index in [1.807, 2.05) is 0 Å². The summed E-state index contributed by atoms with van der Waals surface area (Å²) >= 11 is 0. The Hall–Kier alpha value is -2.37. The van der Waals surface area contributed by atoms with Crippen LogP contribution in [0.3, 0.4) is 0 Å². The van der Waals surface area contributed by atoms with E-state index < -0.39 is 6.36 Å². The lowest BCUT2D eigenvalue weighted by Crippen LogP contribution is -2.16. The van der Waals surface area contributed by atoms with Gasteiger partial charge >= 0.3 is 6.36 Å². The van der Waals surface area contributed by atoms with E-state index in [0.717, 1.165) is 24.0 Å². The number of nitrogen functional groups attached to an aromatic ring is 1. The van der Waals surface area contributed by atoms with Crippen LogP contribution in [0.1, 0.15) is 39.0 Å². The van der Waals surface area contributed by atoms with Gasteiger partial charge in [0.05, 0.1) is 6.61 Å². The smallest absolute Gasteiger partial charge is 0.493 e. The number of alkyl halides is 3. The molecule has 2 rings (SSSR count). The standard InChI is InChI=1S/C20H24F3NO2/c1-2-3-4-5-6-13-25-19-14-16(24)9-12-18(19)15-7-10-17(11-8-15)26-20(21,22)23/h7-12,14H,2-6,13,24H2,1H3. The maximum Gasteiger partial charge on any atom is 0.573 e. The Morgan fingerprint density at radius 3 is 2.27 bits per heavy atom. The van der Waals surface area contributed by atoms with Crippen LogP contribution >= 0.6 is 0 Å². The number of anilines is 1. The second-order valence-electron chi connectivity index (χ2n) is 6.09. The van der Waals surface area contributed by atoms with Gasteiger partial charge in [0.2, 0.25) is 0 Å². The molecule has 0 unspecified atom stereocenters. The molecule has 0 aliphatic rings. The Morgan fingerprint density at radius 2 is 1.62 bits per heavy atom. The highest BCUT2D eigenvalue weighted by Crippen LogP contribution is 2.34. The Labute approximate surface area is 151 Å². The minimum Gasteiger partial charge on any atom is -0.493 e. The maximum atomic E-state index is 12.3. The second kappa shape index (κ2) is 9.36. The van der Waals surface area contributed by atoms with Gasteiger partial charge in [0.15, 0.2) is 0 Å². The van der Waals surface area contributed by atoms with E-state index >= 15 is 0 Å². The van der Waals surface area contributed by atoms with Crippen LogP contribution in [0.2, 0.25) is 0 Å². The molecule has 142 valence electrons. The summed E-state index contributed by atoms with van der Waals surface area (Å²) in [6.45, 7) is 2.75. The van der Waals surface area contributed by atoms with Crippen molar-refractivity contribution in [1.29, 1.82) is 0 Å². The molecule has 0 spiro atoms. The molecule has 0 heterocycles. The molecule has 2 aromatic carbocycles. The summed E-state index contributed by atoms with van der Waals surface area (Å²) < 4.78 is 46.6. The van der Waals surface area contributed by atoms with Gasteiger partial charge < -0.3 is 15.2 Å². The van der Waals surface area contributed by atoms with Gasteiger partial charge in [-0.1, -0.05) is 44.7 Å². The van der Waals surface area contributed by atoms with Crippen molar-refractivity contribution < 1.29 is 22.6 Å².